The van der Waals surface area contributed by atoms with Crippen molar-refractivity contribution in [3.8, 4) is 0 Å². The first kappa shape index (κ1) is 12.0. The maximum absolute atomic E-state index is 10.8. The minimum atomic E-state index is -0.863. The van der Waals surface area contributed by atoms with E-state index in [1.807, 2.05) is 0 Å². The second-order valence-corrected chi connectivity index (χ2v) is 4.23. The van der Waals surface area contributed by atoms with Gasteiger partial charge < -0.3 is 10.4 Å². The largest absolute Gasteiger partial charge is 0.481 e. The first-order valence-electron chi connectivity index (χ1n) is 4.27. The van der Waals surface area contributed by atoms with Gasteiger partial charge in [-0.2, -0.15) is 0 Å². The lowest BCUT2D eigenvalue weighted by Crippen LogP contribution is -2.08. The lowest BCUT2D eigenvalue weighted by atomic mass is 10.1. The molecule has 0 radical (unpaired) electrons. The molecule has 5 heteroatoms. The standard InChI is InChI=1S/C10H10INO3/c1-6(13)12-9-3-2-7(4-8(9)11)5-10(14)15/h2-4H,5H2,1H3,(H,12,13)(H,14,15). The number of halogens is 1. The highest BCUT2D eigenvalue weighted by molar-refractivity contribution is 14.1. The summed E-state index contributed by atoms with van der Waals surface area (Å²) in [6, 6.07) is 5.16. The number of carbonyl (C=O) groups is 2. The van der Waals surface area contributed by atoms with Crippen LogP contribution in [0.15, 0.2) is 18.2 Å². The number of benzene rings is 1. The maximum atomic E-state index is 10.8. The van der Waals surface area contributed by atoms with Crippen molar-refractivity contribution in [2.75, 3.05) is 5.32 Å². The third kappa shape index (κ3) is 3.86. The van der Waals surface area contributed by atoms with E-state index in [9.17, 15) is 9.59 Å². The Morgan fingerprint density at radius 1 is 1.47 bits per heavy atom. The van der Waals surface area contributed by atoms with Gasteiger partial charge in [0.25, 0.3) is 0 Å². The summed E-state index contributed by atoms with van der Waals surface area (Å²) in [4.78, 5) is 21.3. The van der Waals surface area contributed by atoms with E-state index in [0.717, 1.165) is 9.13 Å². The van der Waals surface area contributed by atoms with Crippen molar-refractivity contribution in [2.24, 2.45) is 0 Å². The number of hydrogen-bond donors (Lipinski definition) is 2. The van der Waals surface area contributed by atoms with E-state index in [4.69, 9.17) is 5.11 Å². The van der Waals surface area contributed by atoms with Crippen LogP contribution in [-0.2, 0) is 16.0 Å². The summed E-state index contributed by atoms with van der Waals surface area (Å²) in [5, 5.41) is 11.3. The molecule has 0 heterocycles. The number of carboxylic acid groups (broad SMARTS) is 1. The van der Waals surface area contributed by atoms with Crippen LogP contribution in [0.5, 0.6) is 0 Å². The number of carboxylic acids is 1. The molecular weight excluding hydrogens is 309 g/mol. The van der Waals surface area contributed by atoms with Crippen LogP contribution in [0.4, 0.5) is 5.69 Å². The molecule has 0 spiro atoms. The smallest absolute Gasteiger partial charge is 0.307 e. The van der Waals surface area contributed by atoms with Gasteiger partial charge in [-0.25, -0.2) is 0 Å². The van der Waals surface area contributed by atoms with Crippen molar-refractivity contribution >= 4 is 40.2 Å². The normalized spacial score (nSPS) is 9.73. The molecule has 80 valence electrons. The zero-order chi connectivity index (χ0) is 11.4. The number of aliphatic carboxylic acids is 1. The highest BCUT2D eigenvalue weighted by Crippen LogP contribution is 2.19. The molecule has 1 aromatic carbocycles. The van der Waals surface area contributed by atoms with E-state index in [-0.39, 0.29) is 12.3 Å². The van der Waals surface area contributed by atoms with Crippen LogP contribution in [0.25, 0.3) is 0 Å². The lowest BCUT2D eigenvalue weighted by Gasteiger charge is -2.06. The second-order valence-electron chi connectivity index (χ2n) is 3.07. The van der Waals surface area contributed by atoms with Gasteiger partial charge in [-0.3, -0.25) is 9.59 Å². The molecule has 0 aromatic heterocycles. The van der Waals surface area contributed by atoms with E-state index in [2.05, 4.69) is 27.9 Å². The van der Waals surface area contributed by atoms with Crippen molar-refractivity contribution in [2.45, 2.75) is 13.3 Å². The van der Waals surface area contributed by atoms with E-state index in [1.165, 1.54) is 6.92 Å². The van der Waals surface area contributed by atoms with Crippen LogP contribution >= 0.6 is 22.6 Å². The quantitative estimate of drug-likeness (QED) is 0.836. The van der Waals surface area contributed by atoms with E-state index in [1.54, 1.807) is 18.2 Å². The molecule has 1 aromatic rings. The minimum absolute atomic E-state index is 0.00362. The Morgan fingerprint density at radius 3 is 2.60 bits per heavy atom. The Kier molecular flexibility index (Phi) is 4.07. The summed E-state index contributed by atoms with van der Waals surface area (Å²) >= 11 is 2.06. The number of nitrogens with one attached hydrogen (secondary N) is 1. The van der Waals surface area contributed by atoms with Crippen LogP contribution in [0, 0.1) is 3.57 Å². The van der Waals surface area contributed by atoms with E-state index < -0.39 is 5.97 Å². The van der Waals surface area contributed by atoms with Crippen LogP contribution in [0.3, 0.4) is 0 Å². The molecule has 0 saturated heterocycles. The highest BCUT2D eigenvalue weighted by atomic mass is 127. The Morgan fingerprint density at radius 2 is 2.13 bits per heavy atom. The zero-order valence-electron chi connectivity index (χ0n) is 8.08. The van der Waals surface area contributed by atoms with Crippen molar-refractivity contribution in [1.29, 1.82) is 0 Å². The number of anilines is 1. The number of rotatable bonds is 3. The van der Waals surface area contributed by atoms with Crippen molar-refractivity contribution < 1.29 is 14.7 Å². The molecule has 0 aliphatic heterocycles. The van der Waals surface area contributed by atoms with Crippen molar-refractivity contribution in [3.05, 3.63) is 27.3 Å². The zero-order valence-corrected chi connectivity index (χ0v) is 10.2. The summed E-state index contributed by atoms with van der Waals surface area (Å²) in [6.45, 7) is 1.43. The molecule has 0 atom stereocenters. The first-order valence-corrected chi connectivity index (χ1v) is 5.34. The van der Waals surface area contributed by atoms with Gasteiger partial charge in [-0.1, -0.05) is 6.07 Å². The fourth-order valence-electron chi connectivity index (χ4n) is 1.13. The van der Waals surface area contributed by atoms with Crippen molar-refractivity contribution in [3.63, 3.8) is 0 Å². The summed E-state index contributed by atoms with van der Waals surface area (Å²) in [6.07, 6.45) is -0.00362. The third-order valence-electron chi connectivity index (χ3n) is 1.70. The fraction of sp³-hybridized carbons (Fsp3) is 0.200. The van der Waals surface area contributed by atoms with Gasteiger partial charge in [-0.05, 0) is 40.3 Å². The Balaban J connectivity index is 2.87. The molecule has 0 saturated carbocycles. The molecule has 1 rings (SSSR count). The third-order valence-corrected chi connectivity index (χ3v) is 2.59. The van der Waals surface area contributed by atoms with Gasteiger partial charge in [0.1, 0.15) is 0 Å². The predicted molar refractivity (Wildman–Crippen MR) is 64.8 cm³/mol. The molecule has 2 N–H and O–H groups in total. The SMILES string of the molecule is CC(=O)Nc1ccc(CC(=O)O)cc1I. The van der Waals surface area contributed by atoms with E-state index >= 15 is 0 Å². The average Bonchev–Trinajstić information content (AvgIpc) is 2.08. The summed E-state index contributed by atoms with van der Waals surface area (Å²) in [7, 11) is 0. The molecular formula is C10H10INO3. The number of carbonyl (C=O) groups excluding carboxylic acids is 1. The summed E-state index contributed by atoms with van der Waals surface area (Å²) < 4.78 is 0.835. The summed E-state index contributed by atoms with van der Waals surface area (Å²) in [5.74, 6) is -1.00. The molecule has 0 unspecified atom stereocenters. The fourth-order valence-corrected chi connectivity index (χ4v) is 1.85. The average molecular weight is 319 g/mol. The van der Waals surface area contributed by atoms with Gasteiger partial charge in [0, 0.05) is 10.5 Å². The van der Waals surface area contributed by atoms with Crippen LogP contribution in [0.1, 0.15) is 12.5 Å². The molecule has 0 aliphatic rings. The molecule has 0 fully saturated rings. The van der Waals surface area contributed by atoms with Gasteiger partial charge in [0.05, 0.1) is 12.1 Å². The van der Waals surface area contributed by atoms with Gasteiger partial charge in [-0.15, -0.1) is 0 Å². The summed E-state index contributed by atoms with van der Waals surface area (Å²) in [5.41, 5.74) is 1.43. The number of amides is 1. The maximum Gasteiger partial charge on any atom is 0.307 e. The molecule has 4 nitrogen and oxygen atoms in total. The Labute approximate surface area is 101 Å². The van der Waals surface area contributed by atoms with E-state index in [0.29, 0.717) is 5.69 Å². The monoisotopic (exact) mass is 319 g/mol. The second kappa shape index (κ2) is 5.11. The molecule has 1 amide bonds. The van der Waals surface area contributed by atoms with Gasteiger partial charge in [0.2, 0.25) is 5.91 Å². The predicted octanol–water partition coefficient (Wildman–Crippen LogP) is 1.88. The Hall–Kier alpha value is -1.11. The van der Waals surface area contributed by atoms with Crippen LogP contribution < -0.4 is 5.32 Å². The molecule has 0 aliphatic carbocycles. The van der Waals surface area contributed by atoms with Gasteiger partial charge >= 0.3 is 5.97 Å². The first-order chi connectivity index (χ1) is 6.99. The highest BCUT2D eigenvalue weighted by Gasteiger charge is 2.05. The molecule has 15 heavy (non-hydrogen) atoms. The Bertz CT molecular complexity index is 404. The minimum Gasteiger partial charge on any atom is -0.481 e. The lowest BCUT2D eigenvalue weighted by molar-refractivity contribution is -0.136. The molecule has 0 bridgehead atoms. The van der Waals surface area contributed by atoms with Crippen LogP contribution in [-0.4, -0.2) is 17.0 Å². The number of hydrogen-bond acceptors (Lipinski definition) is 2. The topological polar surface area (TPSA) is 66.4 Å². The van der Waals surface area contributed by atoms with Crippen LogP contribution in [0.2, 0.25) is 0 Å². The van der Waals surface area contributed by atoms with Crippen molar-refractivity contribution in [1.82, 2.24) is 0 Å². The van der Waals surface area contributed by atoms with Gasteiger partial charge in [0.15, 0.2) is 0 Å².